The number of anilines is 1. The normalized spacial score (nSPS) is 16.2. The topological polar surface area (TPSA) is 67.4 Å². The molecule has 2 N–H and O–H groups in total. The van der Waals surface area contributed by atoms with Gasteiger partial charge in [0.1, 0.15) is 17.2 Å². The number of rotatable bonds is 3. The molecule has 0 atom stereocenters. The van der Waals surface area contributed by atoms with E-state index < -0.39 is 0 Å². The Morgan fingerprint density at radius 1 is 1.21 bits per heavy atom. The highest BCUT2D eigenvalue weighted by Crippen LogP contribution is 2.19. The summed E-state index contributed by atoms with van der Waals surface area (Å²) in [6.07, 6.45) is 2.44. The van der Waals surface area contributed by atoms with Crippen molar-refractivity contribution in [1.82, 2.24) is 19.6 Å². The number of carbonyl (C=O) groups excluding carboxylic acids is 1. The lowest BCUT2D eigenvalue weighted by molar-refractivity contribution is 0.0763. The summed E-state index contributed by atoms with van der Waals surface area (Å²) < 4.78 is 14.5. The number of amides is 1. The molecule has 128 valence electrons. The highest BCUT2D eigenvalue weighted by molar-refractivity contribution is 5.98. The van der Waals surface area contributed by atoms with Crippen molar-refractivity contribution in [3.05, 3.63) is 41.8 Å². The number of nitrogens with two attached hydrogens (primary N) is 1. The summed E-state index contributed by atoms with van der Waals surface area (Å²) in [5.74, 6) is -0.146. The van der Waals surface area contributed by atoms with Gasteiger partial charge in [0.05, 0.1) is 11.9 Å². The van der Waals surface area contributed by atoms with Gasteiger partial charge >= 0.3 is 0 Å². The van der Waals surface area contributed by atoms with Crippen molar-refractivity contribution in [2.45, 2.75) is 13.3 Å². The van der Waals surface area contributed by atoms with Crippen molar-refractivity contribution >= 4 is 11.7 Å². The van der Waals surface area contributed by atoms with Gasteiger partial charge in [0, 0.05) is 19.6 Å². The maximum absolute atomic E-state index is 13.1. The van der Waals surface area contributed by atoms with E-state index in [4.69, 9.17) is 5.73 Å². The Kier molecular flexibility index (Phi) is 4.80. The number of benzene rings is 1. The van der Waals surface area contributed by atoms with Crippen LogP contribution in [0.2, 0.25) is 0 Å². The zero-order valence-electron chi connectivity index (χ0n) is 13.8. The standard InChI is InChI=1S/C17H22FN5O/c1-2-21-8-3-9-22(11-10-21)17(24)15-12-20-23(16(15)19)14-6-4-13(18)5-7-14/h4-7,12H,2-3,8-11,19H2,1H3. The van der Waals surface area contributed by atoms with Gasteiger partial charge in [-0.3, -0.25) is 4.79 Å². The zero-order valence-corrected chi connectivity index (χ0v) is 13.8. The average Bonchev–Trinajstić information content (AvgIpc) is 2.82. The minimum absolute atomic E-state index is 0.0983. The van der Waals surface area contributed by atoms with Gasteiger partial charge in [-0.1, -0.05) is 6.92 Å². The van der Waals surface area contributed by atoms with Crippen molar-refractivity contribution in [2.24, 2.45) is 0 Å². The lowest BCUT2D eigenvalue weighted by Gasteiger charge is -2.21. The molecule has 0 spiro atoms. The van der Waals surface area contributed by atoms with E-state index in [0.717, 1.165) is 32.6 Å². The van der Waals surface area contributed by atoms with Crippen molar-refractivity contribution < 1.29 is 9.18 Å². The summed E-state index contributed by atoms with van der Waals surface area (Å²) in [6, 6.07) is 5.84. The van der Waals surface area contributed by atoms with Crippen LogP contribution in [0.25, 0.3) is 5.69 Å². The van der Waals surface area contributed by atoms with Crippen LogP contribution in [-0.4, -0.2) is 58.2 Å². The molecular weight excluding hydrogens is 309 g/mol. The number of likely N-dealkylation sites (N-methyl/N-ethyl adjacent to an activating group) is 1. The van der Waals surface area contributed by atoms with Crippen LogP contribution in [0.4, 0.5) is 10.2 Å². The summed E-state index contributed by atoms with van der Waals surface area (Å²) >= 11 is 0. The second kappa shape index (κ2) is 7.00. The van der Waals surface area contributed by atoms with Crippen LogP contribution in [0, 0.1) is 5.82 Å². The average molecular weight is 331 g/mol. The minimum atomic E-state index is -0.328. The molecule has 0 saturated carbocycles. The highest BCUT2D eigenvalue weighted by Gasteiger charge is 2.24. The van der Waals surface area contributed by atoms with E-state index in [0.29, 0.717) is 17.8 Å². The Morgan fingerprint density at radius 3 is 2.67 bits per heavy atom. The van der Waals surface area contributed by atoms with Crippen molar-refractivity contribution in [1.29, 1.82) is 0 Å². The SMILES string of the molecule is CCN1CCCN(C(=O)c2cnn(-c3ccc(F)cc3)c2N)CC1. The van der Waals surface area contributed by atoms with Gasteiger partial charge in [0.2, 0.25) is 0 Å². The monoisotopic (exact) mass is 331 g/mol. The first-order chi connectivity index (χ1) is 11.6. The lowest BCUT2D eigenvalue weighted by atomic mass is 10.2. The molecule has 1 amide bonds. The molecule has 0 aliphatic carbocycles. The molecule has 2 heterocycles. The predicted octanol–water partition coefficient (Wildman–Crippen LogP) is 1.76. The van der Waals surface area contributed by atoms with Gasteiger partial charge in [0.25, 0.3) is 5.91 Å². The molecule has 1 aliphatic heterocycles. The molecule has 6 nitrogen and oxygen atoms in total. The van der Waals surface area contributed by atoms with E-state index in [-0.39, 0.29) is 17.5 Å². The molecule has 0 bridgehead atoms. The summed E-state index contributed by atoms with van der Waals surface area (Å²) in [4.78, 5) is 16.9. The Balaban J connectivity index is 1.80. The maximum Gasteiger partial charge on any atom is 0.259 e. The quantitative estimate of drug-likeness (QED) is 0.931. The fourth-order valence-electron chi connectivity index (χ4n) is 2.97. The lowest BCUT2D eigenvalue weighted by Crippen LogP contribution is -2.35. The second-order valence-corrected chi connectivity index (χ2v) is 5.91. The Morgan fingerprint density at radius 2 is 1.96 bits per heavy atom. The van der Waals surface area contributed by atoms with E-state index in [1.807, 2.05) is 4.90 Å². The highest BCUT2D eigenvalue weighted by atomic mass is 19.1. The van der Waals surface area contributed by atoms with Gasteiger partial charge in [-0.2, -0.15) is 5.10 Å². The van der Waals surface area contributed by atoms with Gasteiger partial charge in [-0.25, -0.2) is 9.07 Å². The number of halogens is 1. The molecule has 1 saturated heterocycles. The molecule has 7 heteroatoms. The maximum atomic E-state index is 13.1. The van der Waals surface area contributed by atoms with E-state index in [1.54, 1.807) is 12.1 Å². The van der Waals surface area contributed by atoms with Crippen molar-refractivity contribution in [3.8, 4) is 5.69 Å². The van der Waals surface area contributed by atoms with Crippen LogP contribution in [0.3, 0.4) is 0 Å². The first kappa shape index (κ1) is 16.4. The molecule has 1 aromatic carbocycles. The molecule has 2 aromatic rings. The first-order valence-corrected chi connectivity index (χ1v) is 8.21. The zero-order chi connectivity index (χ0) is 17.1. The second-order valence-electron chi connectivity index (χ2n) is 5.91. The number of hydrogen-bond acceptors (Lipinski definition) is 4. The molecule has 1 aromatic heterocycles. The van der Waals surface area contributed by atoms with Gasteiger partial charge in [-0.05, 0) is 43.8 Å². The van der Waals surface area contributed by atoms with Crippen molar-refractivity contribution in [3.63, 3.8) is 0 Å². The molecule has 0 unspecified atom stereocenters. The summed E-state index contributed by atoms with van der Waals surface area (Å²) in [5, 5.41) is 4.20. The molecule has 1 aliphatic rings. The number of nitrogens with zero attached hydrogens (tertiary/aromatic N) is 4. The van der Waals surface area contributed by atoms with Gasteiger partial charge in [-0.15, -0.1) is 0 Å². The van der Waals surface area contributed by atoms with Crippen LogP contribution < -0.4 is 5.73 Å². The van der Waals surface area contributed by atoms with Gasteiger partial charge in [0.15, 0.2) is 0 Å². The third-order valence-electron chi connectivity index (χ3n) is 4.43. The van der Waals surface area contributed by atoms with Crippen LogP contribution in [0.15, 0.2) is 30.5 Å². The Hall–Kier alpha value is -2.41. The largest absolute Gasteiger partial charge is 0.383 e. The van der Waals surface area contributed by atoms with E-state index >= 15 is 0 Å². The number of nitrogen functional groups attached to an aromatic ring is 1. The molecular formula is C17H22FN5O. The summed E-state index contributed by atoms with van der Waals surface area (Å²) in [5.41, 5.74) is 7.14. The fraction of sp³-hybridized carbons (Fsp3) is 0.412. The number of aromatic nitrogens is 2. The van der Waals surface area contributed by atoms with Gasteiger partial charge < -0.3 is 15.5 Å². The Labute approximate surface area is 140 Å². The molecule has 0 radical (unpaired) electrons. The van der Waals surface area contributed by atoms with E-state index in [9.17, 15) is 9.18 Å². The van der Waals surface area contributed by atoms with Crippen LogP contribution >= 0.6 is 0 Å². The number of hydrogen-bond donors (Lipinski definition) is 1. The minimum Gasteiger partial charge on any atom is -0.383 e. The summed E-state index contributed by atoms with van der Waals surface area (Å²) in [7, 11) is 0. The van der Waals surface area contributed by atoms with Crippen LogP contribution in [0.1, 0.15) is 23.7 Å². The van der Waals surface area contributed by atoms with Crippen LogP contribution in [0.5, 0.6) is 0 Å². The first-order valence-electron chi connectivity index (χ1n) is 8.21. The van der Waals surface area contributed by atoms with Crippen molar-refractivity contribution in [2.75, 3.05) is 38.5 Å². The fourth-order valence-corrected chi connectivity index (χ4v) is 2.97. The van der Waals surface area contributed by atoms with E-state index in [1.165, 1.54) is 23.0 Å². The molecule has 1 fully saturated rings. The smallest absolute Gasteiger partial charge is 0.259 e. The number of carbonyl (C=O) groups is 1. The third kappa shape index (κ3) is 3.26. The summed E-state index contributed by atoms with van der Waals surface area (Å²) in [6.45, 7) is 6.40. The third-order valence-corrected chi connectivity index (χ3v) is 4.43. The predicted molar refractivity (Wildman–Crippen MR) is 90.6 cm³/mol. The molecule has 3 rings (SSSR count). The Bertz CT molecular complexity index is 712. The van der Waals surface area contributed by atoms with E-state index in [2.05, 4.69) is 16.9 Å². The van der Waals surface area contributed by atoms with Crippen LogP contribution in [-0.2, 0) is 0 Å². The molecule has 24 heavy (non-hydrogen) atoms.